The summed E-state index contributed by atoms with van der Waals surface area (Å²) in [7, 11) is 2.19. The summed E-state index contributed by atoms with van der Waals surface area (Å²) in [5.41, 5.74) is 1.33. The first-order valence-electron chi connectivity index (χ1n) is 7.14. The molecule has 4 heteroatoms. The summed E-state index contributed by atoms with van der Waals surface area (Å²) in [5.74, 6) is 1.07. The Morgan fingerprint density at radius 1 is 1.30 bits per heavy atom. The van der Waals surface area contributed by atoms with Gasteiger partial charge in [0.05, 0.1) is 0 Å². The van der Waals surface area contributed by atoms with Crippen LogP contribution < -0.4 is 0 Å². The van der Waals surface area contributed by atoms with Gasteiger partial charge in [-0.2, -0.15) is 0 Å². The Morgan fingerprint density at radius 2 is 2.05 bits per heavy atom. The Hall–Kier alpha value is -1.32. The number of nitrogens with zero attached hydrogens (tertiary/aromatic N) is 2. The maximum absolute atomic E-state index is 5.96. The Balaban J connectivity index is 1.88. The average Bonchev–Trinajstić information content (AvgIpc) is 2.95. The van der Waals surface area contributed by atoms with Crippen molar-refractivity contribution < 1.29 is 0 Å². The molecule has 1 atom stereocenters. The zero-order valence-corrected chi connectivity index (χ0v) is 12.9. The first-order valence-corrected chi connectivity index (χ1v) is 7.52. The fourth-order valence-corrected chi connectivity index (χ4v) is 2.70. The molecule has 0 bridgehead atoms. The standard InChI is InChI=1S/C16H22ClN3/c1-3-15(13-6-8-14(17)9-7-13)20(2)12-4-5-16-18-10-11-19-16/h6-11,15H,3-5,12H2,1-2H3,(H,18,19). The van der Waals surface area contributed by atoms with E-state index in [4.69, 9.17) is 11.6 Å². The van der Waals surface area contributed by atoms with E-state index in [0.717, 1.165) is 36.7 Å². The van der Waals surface area contributed by atoms with Crippen LogP contribution in [0.4, 0.5) is 0 Å². The number of aromatic amines is 1. The molecule has 0 spiro atoms. The molecule has 108 valence electrons. The number of hydrogen-bond donors (Lipinski definition) is 1. The van der Waals surface area contributed by atoms with Crippen LogP contribution in [0, 0.1) is 0 Å². The van der Waals surface area contributed by atoms with Crippen LogP contribution in [0.25, 0.3) is 0 Å². The molecule has 0 aliphatic carbocycles. The van der Waals surface area contributed by atoms with Gasteiger partial charge in [0.1, 0.15) is 5.82 Å². The van der Waals surface area contributed by atoms with Gasteiger partial charge in [-0.25, -0.2) is 4.98 Å². The highest BCUT2D eigenvalue weighted by Gasteiger charge is 2.14. The number of hydrogen-bond acceptors (Lipinski definition) is 2. The Kier molecular flexibility index (Phi) is 5.62. The van der Waals surface area contributed by atoms with Crippen molar-refractivity contribution in [2.45, 2.75) is 32.2 Å². The van der Waals surface area contributed by atoms with Crippen molar-refractivity contribution in [3.8, 4) is 0 Å². The maximum atomic E-state index is 5.96. The van der Waals surface area contributed by atoms with Gasteiger partial charge >= 0.3 is 0 Å². The lowest BCUT2D eigenvalue weighted by molar-refractivity contribution is 0.236. The van der Waals surface area contributed by atoms with E-state index in [9.17, 15) is 0 Å². The van der Waals surface area contributed by atoms with Crippen LogP contribution in [0.1, 0.15) is 37.2 Å². The molecule has 0 aliphatic heterocycles. The highest BCUT2D eigenvalue weighted by molar-refractivity contribution is 6.30. The zero-order valence-electron chi connectivity index (χ0n) is 12.1. The van der Waals surface area contributed by atoms with Crippen molar-refractivity contribution in [1.82, 2.24) is 14.9 Å². The fraction of sp³-hybridized carbons (Fsp3) is 0.438. The fourth-order valence-electron chi connectivity index (χ4n) is 2.57. The maximum Gasteiger partial charge on any atom is 0.106 e. The van der Waals surface area contributed by atoms with Gasteiger partial charge in [-0.05, 0) is 44.1 Å². The Bertz CT molecular complexity index is 493. The van der Waals surface area contributed by atoms with Crippen LogP contribution in [0.15, 0.2) is 36.7 Å². The smallest absolute Gasteiger partial charge is 0.106 e. The second kappa shape index (κ2) is 7.46. The minimum absolute atomic E-state index is 0.448. The lowest BCUT2D eigenvalue weighted by Gasteiger charge is -2.27. The molecule has 2 aromatic rings. The summed E-state index contributed by atoms with van der Waals surface area (Å²) in [4.78, 5) is 9.81. The highest BCUT2D eigenvalue weighted by Crippen LogP contribution is 2.24. The van der Waals surface area contributed by atoms with Crippen molar-refractivity contribution in [2.75, 3.05) is 13.6 Å². The number of aromatic nitrogens is 2. The predicted molar refractivity (Wildman–Crippen MR) is 84.0 cm³/mol. The Labute approximate surface area is 126 Å². The first-order chi connectivity index (χ1) is 9.70. The molecule has 0 saturated heterocycles. The molecule has 20 heavy (non-hydrogen) atoms. The lowest BCUT2D eigenvalue weighted by Crippen LogP contribution is -2.25. The largest absolute Gasteiger partial charge is 0.349 e. The Morgan fingerprint density at radius 3 is 2.65 bits per heavy atom. The van der Waals surface area contributed by atoms with Gasteiger partial charge in [0.25, 0.3) is 0 Å². The van der Waals surface area contributed by atoms with E-state index < -0.39 is 0 Å². The summed E-state index contributed by atoms with van der Waals surface area (Å²) in [6.07, 6.45) is 6.88. The molecule has 2 rings (SSSR count). The van der Waals surface area contributed by atoms with E-state index in [2.05, 4.69) is 41.0 Å². The third-order valence-electron chi connectivity index (χ3n) is 3.65. The molecule has 1 N–H and O–H groups in total. The summed E-state index contributed by atoms with van der Waals surface area (Å²) < 4.78 is 0. The van der Waals surface area contributed by atoms with E-state index >= 15 is 0 Å². The van der Waals surface area contributed by atoms with Gasteiger partial charge in [0, 0.05) is 29.9 Å². The SMILES string of the molecule is CCC(c1ccc(Cl)cc1)N(C)CCCc1ncc[nH]1. The second-order valence-corrected chi connectivity index (χ2v) is 5.53. The van der Waals surface area contributed by atoms with Crippen molar-refractivity contribution in [3.63, 3.8) is 0 Å². The van der Waals surface area contributed by atoms with Gasteiger partial charge in [-0.3, -0.25) is 4.90 Å². The van der Waals surface area contributed by atoms with Crippen molar-refractivity contribution in [1.29, 1.82) is 0 Å². The molecule has 0 radical (unpaired) electrons. The number of rotatable bonds is 7. The van der Waals surface area contributed by atoms with Crippen LogP contribution in [0.3, 0.4) is 0 Å². The summed E-state index contributed by atoms with van der Waals surface area (Å²) >= 11 is 5.96. The van der Waals surface area contributed by atoms with Crippen LogP contribution in [-0.4, -0.2) is 28.5 Å². The van der Waals surface area contributed by atoms with E-state index in [1.165, 1.54) is 5.56 Å². The molecular formula is C16H22ClN3. The van der Waals surface area contributed by atoms with Crippen LogP contribution in [0.5, 0.6) is 0 Å². The van der Waals surface area contributed by atoms with Crippen LogP contribution >= 0.6 is 11.6 Å². The molecule has 0 fully saturated rings. The van der Waals surface area contributed by atoms with Gasteiger partial charge < -0.3 is 4.98 Å². The third kappa shape index (κ3) is 4.09. The molecular weight excluding hydrogens is 270 g/mol. The van der Waals surface area contributed by atoms with Crippen molar-refractivity contribution in [3.05, 3.63) is 53.1 Å². The molecule has 1 aromatic carbocycles. The van der Waals surface area contributed by atoms with E-state index in [-0.39, 0.29) is 0 Å². The monoisotopic (exact) mass is 291 g/mol. The molecule has 0 saturated carbocycles. The molecule has 1 heterocycles. The number of imidazole rings is 1. The molecule has 1 unspecified atom stereocenters. The highest BCUT2D eigenvalue weighted by atomic mass is 35.5. The van der Waals surface area contributed by atoms with E-state index in [1.54, 1.807) is 0 Å². The molecule has 0 amide bonds. The quantitative estimate of drug-likeness (QED) is 0.833. The number of benzene rings is 1. The number of aryl methyl sites for hydroxylation is 1. The van der Waals surface area contributed by atoms with Crippen LogP contribution in [0.2, 0.25) is 5.02 Å². The minimum atomic E-state index is 0.448. The topological polar surface area (TPSA) is 31.9 Å². The zero-order chi connectivity index (χ0) is 14.4. The number of nitrogens with one attached hydrogen (secondary N) is 1. The normalized spacial score (nSPS) is 12.8. The average molecular weight is 292 g/mol. The third-order valence-corrected chi connectivity index (χ3v) is 3.90. The van der Waals surface area contributed by atoms with Crippen LogP contribution in [-0.2, 0) is 6.42 Å². The minimum Gasteiger partial charge on any atom is -0.349 e. The molecule has 1 aromatic heterocycles. The van der Waals surface area contributed by atoms with Gasteiger partial charge in [0.2, 0.25) is 0 Å². The summed E-state index contributed by atoms with van der Waals surface area (Å²) in [6.45, 7) is 3.28. The van der Waals surface area contributed by atoms with E-state index in [1.807, 2.05) is 24.5 Å². The van der Waals surface area contributed by atoms with Gasteiger partial charge in [0.15, 0.2) is 0 Å². The van der Waals surface area contributed by atoms with Crippen molar-refractivity contribution in [2.24, 2.45) is 0 Å². The molecule has 0 aliphatic rings. The lowest BCUT2D eigenvalue weighted by atomic mass is 10.0. The summed E-state index contributed by atoms with van der Waals surface area (Å²) in [6, 6.07) is 8.63. The first kappa shape index (κ1) is 15.1. The second-order valence-electron chi connectivity index (χ2n) is 5.10. The van der Waals surface area contributed by atoms with Crippen molar-refractivity contribution >= 4 is 11.6 Å². The summed E-state index contributed by atoms with van der Waals surface area (Å²) in [5, 5.41) is 0.795. The number of halogens is 1. The van der Waals surface area contributed by atoms with E-state index in [0.29, 0.717) is 6.04 Å². The predicted octanol–water partition coefficient (Wildman–Crippen LogP) is 4.08. The van der Waals surface area contributed by atoms with Gasteiger partial charge in [-0.1, -0.05) is 30.7 Å². The van der Waals surface area contributed by atoms with Gasteiger partial charge in [-0.15, -0.1) is 0 Å². The number of H-pyrrole nitrogens is 1. The molecule has 3 nitrogen and oxygen atoms in total.